The second-order valence-corrected chi connectivity index (χ2v) is 8.94. The highest BCUT2D eigenvalue weighted by molar-refractivity contribution is 8.16. The van der Waals surface area contributed by atoms with Crippen LogP contribution in [0.5, 0.6) is 0 Å². The van der Waals surface area contributed by atoms with E-state index in [0.29, 0.717) is 6.10 Å². The van der Waals surface area contributed by atoms with Crippen LogP contribution in [0, 0.1) is 17.8 Å². The molecule has 1 amide bonds. The van der Waals surface area contributed by atoms with E-state index in [2.05, 4.69) is 4.99 Å². The molecule has 1 spiro atoms. The minimum Gasteiger partial charge on any atom is -0.381 e. The van der Waals surface area contributed by atoms with Crippen molar-refractivity contribution >= 4 is 22.7 Å². The zero-order valence-electron chi connectivity index (χ0n) is 12.8. The molecule has 0 aromatic rings. The Kier molecular flexibility index (Phi) is 3.65. The van der Waals surface area contributed by atoms with Gasteiger partial charge in [0, 0.05) is 7.11 Å². The highest BCUT2D eigenvalue weighted by atomic mass is 32.2. The van der Waals surface area contributed by atoms with Crippen LogP contribution in [-0.4, -0.2) is 28.9 Å². The van der Waals surface area contributed by atoms with Crippen molar-refractivity contribution in [2.75, 3.05) is 7.11 Å². The molecule has 116 valence electrons. The molecule has 1 heterocycles. The van der Waals surface area contributed by atoms with Gasteiger partial charge in [0.2, 0.25) is 0 Å². The molecule has 0 aromatic heterocycles. The molecule has 0 unspecified atom stereocenters. The second-order valence-electron chi connectivity index (χ2n) is 7.48. The maximum atomic E-state index is 12.4. The van der Waals surface area contributed by atoms with Crippen molar-refractivity contribution in [3.05, 3.63) is 0 Å². The van der Waals surface area contributed by atoms with Crippen molar-refractivity contribution in [2.24, 2.45) is 22.7 Å². The van der Waals surface area contributed by atoms with E-state index >= 15 is 0 Å². The minimum absolute atomic E-state index is 0.153. The van der Waals surface area contributed by atoms with Gasteiger partial charge in [-0.1, -0.05) is 18.2 Å². The van der Waals surface area contributed by atoms with Crippen molar-refractivity contribution in [2.45, 2.75) is 68.6 Å². The number of methoxy groups -OCH3 is 1. The number of hydrogen-bond acceptors (Lipinski definition) is 3. The van der Waals surface area contributed by atoms with E-state index in [-0.39, 0.29) is 10.7 Å². The summed E-state index contributed by atoms with van der Waals surface area (Å²) in [4.78, 5) is 16.9. The van der Waals surface area contributed by atoms with Crippen LogP contribution in [0.3, 0.4) is 0 Å². The molecule has 4 heteroatoms. The van der Waals surface area contributed by atoms with Crippen LogP contribution < -0.4 is 0 Å². The van der Waals surface area contributed by atoms with E-state index < -0.39 is 0 Å². The Bertz CT molecular complexity index is 467. The third kappa shape index (κ3) is 2.48. The van der Waals surface area contributed by atoms with Gasteiger partial charge in [-0.2, -0.15) is 0 Å². The molecule has 0 radical (unpaired) electrons. The van der Waals surface area contributed by atoms with Crippen LogP contribution >= 0.6 is 11.8 Å². The van der Waals surface area contributed by atoms with Gasteiger partial charge in [-0.05, 0) is 69.1 Å². The van der Waals surface area contributed by atoms with Gasteiger partial charge in [-0.3, -0.25) is 4.79 Å². The van der Waals surface area contributed by atoms with Crippen LogP contribution in [-0.2, 0) is 9.53 Å². The number of rotatable bonds is 3. The third-order valence-corrected chi connectivity index (χ3v) is 7.79. The van der Waals surface area contributed by atoms with Crippen LogP contribution in [0.15, 0.2) is 4.99 Å². The molecular weight excluding hydrogens is 282 g/mol. The van der Waals surface area contributed by atoms with Crippen molar-refractivity contribution in [1.29, 1.82) is 0 Å². The van der Waals surface area contributed by atoms with Crippen LogP contribution in [0.25, 0.3) is 0 Å². The standard InChI is InChI=1S/C17H25NO2S/c1-20-14-4-6-17(7-5-14)16(19)18-15(21-17)10-13-9-11-2-3-12(13)8-11/h11-14H,2-10H2,1H3/t11-,12+,13-,14?,17?/m1/s1. The highest BCUT2D eigenvalue weighted by Crippen LogP contribution is 2.52. The lowest BCUT2D eigenvalue weighted by molar-refractivity contribution is -0.121. The average Bonchev–Trinajstić information content (AvgIpc) is 3.16. The summed E-state index contributed by atoms with van der Waals surface area (Å²) in [6, 6.07) is 0. The first-order valence-corrected chi connectivity index (χ1v) is 9.34. The summed E-state index contributed by atoms with van der Waals surface area (Å²) < 4.78 is 5.22. The number of ether oxygens (including phenoxy) is 1. The molecule has 3 aliphatic carbocycles. The SMILES string of the molecule is COC1CCC2(CC1)SC(C[C@H]1C[C@@H]3CC[C@H]1C3)=NC2=O. The van der Waals surface area contributed by atoms with Crippen molar-refractivity contribution in [3.8, 4) is 0 Å². The quantitative estimate of drug-likeness (QED) is 0.796. The number of hydrogen-bond donors (Lipinski definition) is 0. The van der Waals surface area contributed by atoms with Gasteiger partial charge in [0.05, 0.1) is 11.1 Å². The Labute approximate surface area is 131 Å². The van der Waals surface area contributed by atoms with Gasteiger partial charge in [0.15, 0.2) is 0 Å². The number of amides is 1. The van der Waals surface area contributed by atoms with Crippen molar-refractivity contribution < 1.29 is 9.53 Å². The number of fused-ring (bicyclic) bond motifs is 2. The molecule has 0 saturated heterocycles. The maximum absolute atomic E-state index is 12.4. The number of aliphatic imine (C=N–C) groups is 1. The Morgan fingerprint density at radius 2 is 2.05 bits per heavy atom. The summed E-state index contributed by atoms with van der Waals surface area (Å²) in [6.45, 7) is 0. The van der Waals surface area contributed by atoms with E-state index in [4.69, 9.17) is 4.74 Å². The zero-order valence-corrected chi connectivity index (χ0v) is 13.7. The molecule has 2 bridgehead atoms. The van der Waals surface area contributed by atoms with E-state index in [1.54, 1.807) is 7.11 Å². The Morgan fingerprint density at radius 1 is 1.24 bits per heavy atom. The average molecular weight is 307 g/mol. The van der Waals surface area contributed by atoms with Crippen molar-refractivity contribution in [1.82, 2.24) is 0 Å². The maximum Gasteiger partial charge on any atom is 0.263 e. The van der Waals surface area contributed by atoms with E-state index in [1.165, 1.54) is 25.7 Å². The summed E-state index contributed by atoms with van der Waals surface area (Å²) in [6.07, 6.45) is 11.0. The molecule has 0 aromatic carbocycles. The number of thioether (sulfide) groups is 1. The minimum atomic E-state index is -0.220. The smallest absolute Gasteiger partial charge is 0.263 e. The summed E-state index contributed by atoms with van der Waals surface area (Å²) in [5.41, 5.74) is 0. The van der Waals surface area contributed by atoms with E-state index in [1.807, 2.05) is 11.8 Å². The largest absolute Gasteiger partial charge is 0.381 e. The van der Waals surface area contributed by atoms with Gasteiger partial charge < -0.3 is 4.74 Å². The lowest BCUT2D eigenvalue weighted by Gasteiger charge is -2.33. The first-order chi connectivity index (χ1) is 10.2. The fraction of sp³-hybridized carbons (Fsp3) is 0.882. The van der Waals surface area contributed by atoms with Gasteiger partial charge in [-0.25, -0.2) is 4.99 Å². The monoisotopic (exact) mass is 307 g/mol. The third-order valence-electron chi connectivity index (χ3n) is 6.32. The lowest BCUT2D eigenvalue weighted by Crippen LogP contribution is -2.38. The molecular formula is C17H25NO2S. The molecule has 3 saturated carbocycles. The number of carbonyl (C=O) groups is 1. The summed E-state index contributed by atoms with van der Waals surface area (Å²) >= 11 is 1.81. The second kappa shape index (κ2) is 5.38. The molecule has 4 rings (SSSR count). The molecule has 3 nitrogen and oxygen atoms in total. The molecule has 21 heavy (non-hydrogen) atoms. The van der Waals surface area contributed by atoms with Crippen LogP contribution in [0.2, 0.25) is 0 Å². The molecule has 1 aliphatic heterocycles. The van der Waals surface area contributed by atoms with E-state index in [0.717, 1.165) is 54.9 Å². The van der Waals surface area contributed by atoms with Gasteiger partial charge in [-0.15, -0.1) is 0 Å². The number of nitrogens with zero attached hydrogens (tertiary/aromatic N) is 1. The van der Waals surface area contributed by atoms with Crippen molar-refractivity contribution in [3.63, 3.8) is 0 Å². The van der Waals surface area contributed by atoms with Crippen LogP contribution in [0.1, 0.15) is 57.8 Å². The Balaban J connectivity index is 1.38. The fourth-order valence-corrected chi connectivity index (χ4v) is 6.50. The Hall–Kier alpha value is -0.350. The predicted molar refractivity (Wildman–Crippen MR) is 85.6 cm³/mol. The summed E-state index contributed by atoms with van der Waals surface area (Å²) in [5.74, 6) is 2.87. The molecule has 3 atom stereocenters. The molecule has 0 N–H and O–H groups in total. The van der Waals surface area contributed by atoms with Gasteiger partial charge in [0.25, 0.3) is 5.91 Å². The zero-order chi connectivity index (χ0) is 14.4. The number of carbonyl (C=O) groups excluding carboxylic acids is 1. The van der Waals surface area contributed by atoms with E-state index in [9.17, 15) is 4.79 Å². The molecule has 4 aliphatic rings. The topological polar surface area (TPSA) is 38.7 Å². The lowest BCUT2D eigenvalue weighted by atomic mass is 9.86. The fourth-order valence-electron chi connectivity index (χ4n) is 5.05. The summed E-state index contributed by atoms with van der Waals surface area (Å²) in [5, 5.41) is 1.15. The summed E-state index contributed by atoms with van der Waals surface area (Å²) in [7, 11) is 1.78. The van der Waals surface area contributed by atoms with Crippen LogP contribution in [0.4, 0.5) is 0 Å². The van der Waals surface area contributed by atoms with Gasteiger partial charge >= 0.3 is 0 Å². The molecule has 3 fully saturated rings. The Morgan fingerprint density at radius 3 is 2.67 bits per heavy atom. The highest BCUT2D eigenvalue weighted by Gasteiger charge is 2.48. The first kappa shape index (κ1) is 14.3. The normalized spacial score (nSPS) is 45.6. The van der Waals surface area contributed by atoms with Gasteiger partial charge in [0.1, 0.15) is 4.75 Å². The first-order valence-electron chi connectivity index (χ1n) is 8.52. The predicted octanol–water partition coefficient (Wildman–Crippen LogP) is 3.81.